The average molecular weight is 185 g/mol. The fourth-order valence-electron chi connectivity index (χ4n) is 1.54. The third kappa shape index (κ3) is 4.24. The molecule has 1 aliphatic heterocycles. The Hall–Kier alpha value is -0.610. The lowest BCUT2D eigenvalue weighted by atomic mass is 10.1. The molecule has 4 heteroatoms. The van der Waals surface area contributed by atoms with Crippen molar-refractivity contribution in [1.82, 2.24) is 15.5 Å². The first-order valence-electron chi connectivity index (χ1n) is 4.83. The number of carbonyl (C=O) groups excluding carboxylic acids is 1. The maximum atomic E-state index is 11.3. The van der Waals surface area contributed by atoms with Gasteiger partial charge in [-0.1, -0.05) is 0 Å². The minimum atomic E-state index is 0.124. The van der Waals surface area contributed by atoms with Gasteiger partial charge in [-0.25, -0.2) is 0 Å². The molecular formula is C9H19N3O. The molecule has 2 N–H and O–H groups in total. The molecule has 0 aromatic rings. The van der Waals surface area contributed by atoms with Crippen LogP contribution in [0.2, 0.25) is 0 Å². The monoisotopic (exact) mass is 185 g/mol. The lowest BCUT2D eigenvalue weighted by Crippen LogP contribution is -2.47. The summed E-state index contributed by atoms with van der Waals surface area (Å²) < 4.78 is 0. The van der Waals surface area contributed by atoms with Gasteiger partial charge in [0, 0.05) is 12.6 Å². The highest BCUT2D eigenvalue weighted by Gasteiger charge is 2.14. The highest BCUT2D eigenvalue weighted by atomic mass is 16.2. The molecule has 1 heterocycles. The predicted molar refractivity (Wildman–Crippen MR) is 52.6 cm³/mol. The van der Waals surface area contributed by atoms with E-state index in [1.54, 1.807) is 0 Å². The van der Waals surface area contributed by atoms with Crippen molar-refractivity contribution in [2.75, 3.05) is 33.7 Å². The number of hydrogen-bond acceptors (Lipinski definition) is 3. The van der Waals surface area contributed by atoms with E-state index in [1.807, 2.05) is 19.0 Å². The fourth-order valence-corrected chi connectivity index (χ4v) is 1.54. The summed E-state index contributed by atoms with van der Waals surface area (Å²) in [5.74, 6) is 0.124. The first-order valence-corrected chi connectivity index (χ1v) is 4.83. The molecule has 1 saturated heterocycles. The summed E-state index contributed by atoms with van der Waals surface area (Å²) in [6.07, 6.45) is 2.26. The summed E-state index contributed by atoms with van der Waals surface area (Å²) in [6.45, 7) is 2.48. The van der Waals surface area contributed by atoms with E-state index in [0.717, 1.165) is 25.9 Å². The lowest BCUT2D eigenvalue weighted by molar-refractivity contribution is -0.122. The van der Waals surface area contributed by atoms with Crippen LogP contribution in [-0.2, 0) is 4.79 Å². The topological polar surface area (TPSA) is 44.4 Å². The fraction of sp³-hybridized carbons (Fsp3) is 0.889. The van der Waals surface area contributed by atoms with Crippen LogP contribution in [0.5, 0.6) is 0 Å². The summed E-state index contributed by atoms with van der Waals surface area (Å²) in [5.41, 5.74) is 0. The van der Waals surface area contributed by atoms with E-state index in [2.05, 4.69) is 10.6 Å². The number of nitrogens with zero attached hydrogens (tertiary/aromatic N) is 1. The molecule has 0 aliphatic carbocycles. The van der Waals surface area contributed by atoms with E-state index in [-0.39, 0.29) is 5.91 Å². The van der Waals surface area contributed by atoms with Gasteiger partial charge in [-0.3, -0.25) is 4.79 Å². The summed E-state index contributed by atoms with van der Waals surface area (Å²) in [5, 5.41) is 6.27. The molecule has 1 fully saturated rings. The van der Waals surface area contributed by atoms with Gasteiger partial charge in [-0.05, 0) is 33.5 Å². The summed E-state index contributed by atoms with van der Waals surface area (Å²) in [6, 6.07) is 0.334. The summed E-state index contributed by atoms with van der Waals surface area (Å²) >= 11 is 0. The lowest BCUT2D eigenvalue weighted by Gasteiger charge is -2.24. The van der Waals surface area contributed by atoms with Crippen LogP contribution in [0.3, 0.4) is 0 Å². The Labute approximate surface area is 79.7 Å². The second-order valence-electron chi connectivity index (χ2n) is 3.85. The van der Waals surface area contributed by atoms with E-state index in [1.165, 1.54) is 0 Å². The standard InChI is InChI=1S/C9H19N3O/c1-12(2)7-9(13)11-8-4-3-5-10-6-8/h8,10H,3-7H2,1-2H3,(H,11,13). The Bertz CT molecular complexity index is 164. The molecule has 4 nitrogen and oxygen atoms in total. The zero-order valence-electron chi connectivity index (χ0n) is 8.47. The number of nitrogens with one attached hydrogen (secondary N) is 2. The normalized spacial score (nSPS) is 23.2. The molecule has 0 aromatic carbocycles. The van der Waals surface area contributed by atoms with Crippen molar-refractivity contribution in [2.45, 2.75) is 18.9 Å². The molecule has 1 aliphatic rings. The number of amides is 1. The second-order valence-corrected chi connectivity index (χ2v) is 3.85. The van der Waals surface area contributed by atoms with E-state index < -0.39 is 0 Å². The van der Waals surface area contributed by atoms with Crippen molar-refractivity contribution in [2.24, 2.45) is 0 Å². The van der Waals surface area contributed by atoms with Gasteiger partial charge in [0.05, 0.1) is 6.54 Å². The minimum absolute atomic E-state index is 0.124. The van der Waals surface area contributed by atoms with Crippen LogP contribution in [0.25, 0.3) is 0 Å². The van der Waals surface area contributed by atoms with Crippen molar-refractivity contribution in [3.63, 3.8) is 0 Å². The quantitative estimate of drug-likeness (QED) is 0.618. The largest absolute Gasteiger partial charge is 0.351 e. The summed E-state index contributed by atoms with van der Waals surface area (Å²) in [4.78, 5) is 13.2. The van der Waals surface area contributed by atoms with Crippen molar-refractivity contribution >= 4 is 5.91 Å². The van der Waals surface area contributed by atoms with Crippen molar-refractivity contribution in [1.29, 1.82) is 0 Å². The molecule has 0 saturated carbocycles. The zero-order chi connectivity index (χ0) is 9.68. The summed E-state index contributed by atoms with van der Waals surface area (Å²) in [7, 11) is 3.80. The molecule has 0 aromatic heterocycles. The van der Waals surface area contributed by atoms with Crippen molar-refractivity contribution in [3.8, 4) is 0 Å². The first-order chi connectivity index (χ1) is 6.18. The number of piperidine rings is 1. The van der Waals surface area contributed by atoms with Crippen LogP contribution < -0.4 is 10.6 Å². The molecule has 76 valence electrons. The molecule has 1 amide bonds. The second kappa shape index (κ2) is 5.19. The van der Waals surface area contributed by atoms with Gasteiger partial charge < -0.3 is 15.5 Å². The molecule has 1 rings (SSSR count). The van der Waals surface area contributed by atoms with Gasteiger partial charge in [-0.2, -0.15) is 0 Å². The molecule has 0 spiro atoms. The Kier molecular flexibility index (Phi) is 4.18. The van der Waals surface area contributed by atoms with E-state index >= 15 is 0 Å². The smallest absolute Gasteiger partial charge is 0.234 e. The number of carbonyl (C=O) groups is 1. The molecule has 1 unspecified atom stereocenters. The van der Waals surface area contributed by atoms with Crippen LogP contribution in [0, 0.1) is 0 Å². The third-order valence-electron chi connectivity index (χ3n) is 2.12. The molecule has 13 heavy (non-hydrogen) atoms. The third-order valence-corrected chi connectivity index (χ3v) is 2.12. The molecule has 0 radical (unpaired) electrons. The van der Waals surface area contributed by atoms with Gasteiger partial charge >= 0.3 is 0 Å². The Morgan fingerprint density at radius 2 is 2.38 bits per heavy atom. The van der Waals surface area contributed by atoms with Crippen LogP contribution in [0.15, 0.2) is 0 Å². The van der Waals surface area contributed by atoms with E-state index in [4.69, 9.17) is 0 Å². The van der Waals surface area contributed by atoms with E-state index in [9.17, 15) is 4.79 Å². The first kappa shape index (κ1) is 10.5. The van der Waals surface area contributed by atoms with Gasteiger partial charge in [0.1, 0.15) is 0 Å². The Morgan fingerprint density at radius 1 is 1.62 bits per heavy atom. The van der Waals surface area contributed by atoms with Crippen LogP contribution in [-0.4, -0.2) is 50.6 Å². The number of hydrogen-bond donors (Lipinski definition) is 2. The molecule has 1 atom stereocenters. The maximum absolute atomic E-state index is 11.3. The average Bonchev–Trinajstić information content (AvgIpc) is 2.04. The number of rotatable bonds is 3. The molecular weight excluding hydrogens is 166 g/mol. The van der Waals surface area contributed by atoms with Crippen LogP contribution in [0.4, 0.5) is 0 Å². The van der Waals surface area contributed by atoms with Gasteiger partial charge in [0.25, 0.3) is 0 Å². The highest BCUT2D eigenvalue weighted by Crippen LogP contribution is 2.00. The van der Waals surface area contributed by atoms with Gasteiger partial charge in [0.2, 0.25) is 5.91 Å². The van der Waals surface area contributed by atoms with Crippen LogP contribution in [0.1, 0.15) is 12.8 Å². The molecule has 0 bridgehead atoms. The predicted octanol–water partition coefficient (Wildman–Crippen LogP) is -0.584. The highest BCUT2D eigenvalue weighted by molar-refractivity contribution is 5.78. The Morgan fingerprint density at radius 3 is 2.92 bits per heavy atom. The minimum Gasteiger partial charge on any atom is -0.351 e. The maximum Gasteiger partial charge on any atom is 0.234 e. The van der Waals surface area contributed by atoms with Crippen molar-refractivity contribution in [3.05, 3.63) is 0 Å². The van der Waals surface area contributed by atoms with Crippen LogP contribution >= 0.6 is 0 Å². The van der Waals surface area contributed by atoms with Crippen molar-refractivity contribution < 1.29 is 4.79 Å². The van der Waals surface area contributed by atoms with E-state index in [0.29, 0.717) is 12.6 Å². The van der Waals surface area contributed by atoms with Gasteiger partial charge in [0.15, 0.2) is 0 Å². The van der Waals surface area contributed by atoms with Gasteiger partial charge in [-0.15, -0.1) is 0 Å². The SMILES string of the molecule is CN(C)CC(=O)NC1CCCNC1. The number of likely N-dealkylation sites (N-methyl/N-ethyl adjacent to an activating group) is 1. The zero-order valence-corrected chi connectivity index (χ0v) is 8.47. The Balaban J connectivity index is 2.18.